The molecule has 1 N–H and O–H groups in total. The molecule has 0 aliphatic carbocycles. The zero-order valence-corrected chi connectivity index (χ0v) is 64.2. The van der Waals surface area contributed by atoms with Gasteiger partial charge in [0.05, 0.1) is 34.4 Å². The van der Waals surface area contributed by atoms with Crippen LogP contribution in [-0.2, 0) is 33.3 Å². The molecule has 2 unspecified atom stereocenters. The number of allylic oxidation sites excluding steroid dienone is 18. The third-order valence-electron chi connectivity index (χ3n) is 18.0. The largest absolute Gasteiger partial charge is 0.477 e. The molecule has 0 bridgehead atoms. The van der Waals surface area contributed by atoms with Gasteiger partial charge in [-0.1, -0.05) is 386 Å². The number of hydrogen-bond acceptors (Lipinski definition) is 7. The Balaban J connectivity index is 4.03. The second kappa shape index (κ2) is 77.7. The first-order chi connectivity index (χ1) is 47.6. The van der Waals surface area contributed by atoms with Crippen LogP contribution in [0.3, 0.4) is 0 Å². The van der Waals surface area contributed by atoms with Gasteiger partial charge in [0.15, 0.2) is 6.10 Å². The molecule has 0 rings (SSSR count). The average molecular weight is 1360 g/mol. The zero-order valence-electron chi connectivity index (χ0n) is 64.2. The molecule has 0 aromatic rings. The van der Waals surface area contributed by atoms with E-state index in [9.17, 15) is 19.5 Å². The van der Waals surface area contributed by atoms with E-state index < -0.39 is 24.3 Å². The van der Waals surface area contributed by atoms with Crippen LogP contribution >= 0.6 is 0 Å². The number of rotatable bonds is 76. The van der Waals surface area contributed by atoms with Crippen LogP contribution in [0.5, 0.6) is 0 Å². The molecule has 0 amide bonds. The van der Waals surface area contributed by atoms with Gasteiger partial charge in [0.2, 0.25) is 0 Å². The number of quaternary nitrogens is 1. The van der Waals surface area contributed by atoms with Crippen LogP contribution in [0.2, 0.25) is 0 Å². The molecular weight excluding hydrogens is 1200 g/mol. The standard InChI is InChI=1S/C88H155NO8/c1-6-8-10-12-14-16-18-20-22-24-26-28-30-32-34-36-38-39-40-41-42-43-44-45-46-47-49-51-53-55-57-59-61-63-65-67-69-71-73-75-77-79-86(91)97-84(83-96-88(87(92)93)94-81-80-89(3,4)5)82-95-85(90)78-76-74-72-70-68-66-64-62-60-58-56-54-52-50-48-37-35-33-31-29-27-25-23-21-19-17-15-13-11-9-7-2/h8,10,14,16,20,22,26,28,32,34,38-39,41-42,44-45,47,49,84,88H,6-7,9,11-13,15,17-19,21,23-25,27,29-31,33,35-37,40,43,46,48,50-83H2,1-5H3/p+1/b10-8-,16-14-,22-20-,28-26-,34-32-,39-38-,42-41-,45-44-,49-47-. The lowest BCUT2D eigenvalue weighted by molar-refractivity contribution is -0.870. The second-order valence-corrected chi connectivity index (χ2v) is 28.7. The van der Waals surface area contributed by atoms with Gasteiger partial charge >= 0.3 is 17.9 Å². The minimum Gasteiger partial charge on any atom is -0.477 e. The highest BCUT2D eigenvalue weighted by atomic mass is 16.7. The van der Waals surface area contributed by atoms with E-state index >= 15 is 0 Å². The van der Waals surface area contributed by atoms with Crippen molar-refractivity contribution >= 4 is 17.9 Å². The Bertz CT molecular complexity index is 1970. The summed E-state index contributed by atoms with van der Waals surface area (Å²) in [6.07, 6.45) is 107. The highest BCUT2D eigenvalue weighted by molar-refractivity contribution is 5.71. The third-order valence-corrected chi connectivity index (χ3v) is 18.0. The van der Waals surface area contributed by atoms with Crippen LogP contribution in [0.25, 0.3) is 0 Å². The Hall–Kier alpha value is -4.05. The summed E-state index contributed by atoms with van der Waals surface area (Å²) >= 11 is 0. The number of ether oxygens (including phenoxy) is 4. The fraction of sp³-hybridized carbons (Fsp3) is 0.761. The van der Waals surface area contributed by atoms with Crippen molar-refractivity contribution in [2.75, 3.05) is 47.5 Å². The molecule has 0 saturated carbocycles. The lowest BCUT2D eigenvalue weighted by Crippen LogP contribution is -2.40. The van der Waals surface area contributed by atoms with E-state index in [-0.39, 0.29) is 32.2 Å². The Morgan fingerprint density at radius 2 is 0.588 bits per heavy atom. The molecule has 97 heavy (non-hydrogen) atoms. The number of carboxylic acid groups (broad SMARTS) is 1. The summed E-state index contributed by atoms with van der Waals surface area (Å²) in [5, 5.41) is 9.78. The molecular formula is C88H156NO8+. The Morgan fingerprint density at radius 1 is 0.320 bits per heavy atom. The molecule has 0 heterocycles. The predicted octanol–water partition coefficient (Wildman–Crippen LogP) is 26.5. The van der Waals surface area contributed by atoms with Gasteiger partial charge < -0.3 is 28.5 Å². The van der Waals surface area contributed by atoms with Crippen molar-refractivity contribution in [1.82, 2.24) is 0 Å². The second-order valence-electron chi connectivity index (χ2n) is 28.7. The number of esters is 2. The van der Waals surface area contributed by atoms with Crippen molar-refractivity contribution in [2.24, 2.45) is 0 Å². The van der Waals surface area contributed by atoms with E-state index in [1.807, 2.05) is 21.1 Å². The van der Waals surface area contributed by atoms with Crippen LogP contribution in [0.4, 0.5) is 0 Å². The molecule has 0 aromatic carbocycles. The molecule has 2 atom stereocenters. The van der Waals surface area contributed by atoms with Crippen molar-refractivity contribution in [1.29, 1.82) is 0 Å². The predicted molar refractivity (Wildman–Crippen MR) is 419 cm³/mol. The first kappa shape index (κ1) is 93.0. The third kappa shape index (κ3) is 79.2. The number of aliphatic carboxylic acids is 1. The first-order valence-electron chi connectivity index (χ1n) is 41.1. The van der Waals surface area contributed by atoms with E-state index in [1.165, 1.54) is 244 Å². The van der Waals surface area contributed by atoms with Crippen LogP contribution in [0.1, 0.15) is 373 Å². The maximum absolute atomic E-state index is 13.0. The highest BCUT2D eigenvalue weighted by Crippen LogP contribution is 2.19. The molecule has 0 radical (unpaired) electrons. The number of carboxylic acids is 1. The fourth-order valence-corrected chi connectivity index (χ4v) is 11.8. The summed E-state index contributed by atoms with van der Waals surface area (Å²) in [5.41, 5.74) is 0. The van der Waals surface area contributed by atoms with Crippen molar-refractivity contribution in [2.45, 2.75) is 386 Å². The lowest BCUT2D eigenvalue weighted by Gasteiger charge is -2.25. The number of unbranched alkanes of at least 4 members (excludes halogenated alkanes) is 43. The maximum Gasteiger partial charge on any atom is 0.361 e. The van der Waals surface area contributed by atoms with Gasteiger partial charge in [-0.3, -0.25) is 9.59 Å². The molecule has 560 valence electrons. The summed E-state index contributed by atoms with van der Waals surface area (Å²) in [7, 11) is 5.99. The van der Waals surface area contributed by atoms with Gasteiger partial charge in [-0.15, -0.1) is 0 Å². The summed E-state index contributed by atoms with van der Waals surface area (Å²) in [4.78, 5) is 37.8. The normalized spacial score (nSPS) is 13.2. The Morgan fingerprint density at radius 3 is 0.876 bits per heavy atom. The summed E-state index contributed by atoms with van der Waals surface area (Å²) in [5.74, 6) is -1.99. The molecule has 0 aromatic heterocycles. The highest BCUT2D eigenvalue weighted by Gasteiger charge is 2.25. The number of carbonyl (C=O) groups excluding carboxylic acids is 2. The average Bonchev–Trinajstić information content (AvgIpc) is 3.27. The minimum atomic E-state index is -1.51. The van der Waals surface area contributed by atoms with Gasteiger partial charge in [-0.05, 0) is 83.5 Å². The van der Waals surface area contributed by atoms with Crippen molar-refractivity contribution < 1.29 is 42.9 Å². The van der Waals surface area contributed by atoms with Gasteiger partial charge in [-0.25, -0.2) is 4.79 Å². The van der Waals surface area contributed by atoms with Gasteiger partial charge in [0, 0.05) is 12.8 Å². The SMILES string of the molecule is CC/C=C\C/C=C\C/C=C\C/C=C\C/C=C\C/C=C\C/C=C\C/C=C\C/C=C\CCCCCCCCCCCCCCCC(=O)OC(COC(=O)CCCCCCCCCCCCCCCCCCCCCCCCCCCCCCCCC)COC(OCC[N+](C)(C)C)C(=O)O. The van der Waals surface area contributed by atoms with Gasteiger partial charge in [-0.2, -0.15) is 0 Å². The monoisotopic (exact) mass is 1360 g/mol. The topological polar surface area (TPSA) is 108 Å². The van der Waals surface area contributed by atoms with Crippen LogP contribution in [0, 0.1) is 0 Å². The van der Waals surface area contributed by atoms with Crippen molar-refractivity contribution in [3.8, 4) is 0 Å². The van der Waals surface area contributed by atoms with E-state index in [2.05, 4.69) is 123 Å². The summed E-state index contributed by atoms with van der Waals surface area (Å²) in [6.45, 7) is 4.81. The smallest absolute Gasteiger partial charge is 0.361 e. The fourth-order valence-electron chi connectivity index (χ4n) is 11.8. The summed E-state index contributed by atoms with van der Waals surface area (Å²) in [6, 6.07) is 0. The molecule has 0 saturated heterocycles. The van der Waals surface area contributed by atoms with E-state index in [1.54, 1.807) is 0 Å². The van der Waals surface area contributed by atoms with E-state index in [0.717, 1.165) is 103 Å². The number of likely N-dealkylation sites (N-methyl/N-ethyl adjacent to an activating group) is 1. The summed E-state index contributed by atoms with van der Waals surface area (Å²) < 4.78 is 23.1. The van der Waals surface area contributed by atoms with E-state index in [0.29, 0.717) is 17.4 Å². The van der Waals surface area contributed by atoms with Crippen LogP contribution in [-0.4, -0.2) is 87.4 Å². The zero-order chi connectivity index (χ0) is 70.4. The van der Waals surface area contributed by atoms with Gasteiger partial charge in [0.1, 0.15) is 13.2 Å². The lowest BCUT2D eigenvalue weighted by atomic mass is 10.0. The van der Waals surface area contributed by atoms with Crippen molar-refractivity contribution in [3.05, 3.63) is 109 Å². The molecule has 9 nitrogen and oxygen atoms in total. The molecule has 0 aliphatic heterocycles. The minimum absolute atomic E-state index is 0.182. The molecule has 0 fully saturated rings. The molecule has 0 spiro atoms. The quantitative estimate of drug-likeness (QED) is 0.0211. The van der Waals surface area contributed by atoms with E-state index in [4.69, 9.17) is 18.9 Å². The number of carbonyl (C=O) groups is 3. The molecule has 0 aliphatic rings. The Kier molecular flexibility index (Phi) is 74.4. The molecule has 9 heteroatoms. The Labute approximate surface area is 600 Å². The van der Waals surface area contributed by atoms with Crippen molar-refractivity contribution in [3.63, 3.8) is 0 Å². The van der Waals surface area contributed by atoms with Crippen LogP contribution in [0.15, 0.2) is 109 Å². The maximum atomic E-state index is 13.0. The number of nitrogens with zero attached hydrogens (tertiary/aromatic N) is 1. The van der Waals surface area contributed by atoms with Gasteiger partial charge in [0.25, 0.3) is 6.29 Å². The number of hydrogen-bond donors (Lipinski definition) is 1. The van der Waals surface area contributed by atoms with Crippen LogP contribution < -0.4 is 0 Å². The first-order valence-corrected chi connectivity index (χ1v) is 41.1.